The average molecular weight is 206 g/mol. The molecule has 1 aliphatic carbocycles. The van der Waals surface area contributed by atoms with Crippen molar-refractivity contribution < 1.29 is 4.79 Å². The molecule has 0 aromatic rings. The molecule has 0 radical (unpaired) electrons. The fourth-order valence-corrected chi connectivity index (χ4v) is 0.824. The molecule has 1 rings (SSSR count). The van der Waals surface area contributed by atoms with E-state index in [1.165, 1.54) is 0 Å². The number of carbonyl (C=O) groups excluding carboxylic acids is 1. The van der Waals surface area contributed by atoms with Gasteiger partial charge >= 0.3 is 0 Å². The minimum atomic E-state index is -0.0649. The molecule has 1 atom stereocenters. The standard InChI is InChI=1S/C7H12BrNO/c1-5(8)6(10)9-7(2)3-4-7/h5H,3-4H2,1-2H3,(H,9,10). The highest BCUT2D eigenvalue weighted by molar-refractivity contribution is 9.10. The molecule has 0 aromatic carbocycles. The van der Waals surface area contributed by atoms with E-state index in [4.69, 9.17) is 0 Å². The molecule has 1 amide bonds. The quantitative estimate of drug-likeness (QED) is 0.680. The van der Waals surface area contributed by atoms with Crippen molar-refractivity contribution >= 4 is 21.8 Å². The summed E-state index contributed by atoms with van der Waals surface area (Å²) in [5, 5.41) is 2.94. The SMILES string of the molecule is CC(Br)C(=O)NC1(C)CC1. The van der Waals surface area contributed by atoms with Crippen molar-refractivity contribution in [1.29, 1.82) is 0 Å². The van der Waals surface area contributed by atoms with Crippen LogP contribution >= 0.6 is 15.9 Å². The van der Waals surface area contributed by atoms with Gasteiger partial charge in [-0.2, -0.15) is 0 Å². The number of hydrogen-bond acceptors (Lipinski definition) is 1. The maximum absolute atomic E-state index is 11.0. The summed E-state index contributed by atoms with van der Waals surface area (Å²) in [4.78, 5) is 11.0. The van der Waals surface area contributed by atoms with Gasteiger partial charge in [0.1, 0.15) is 0 Å². The Balaban J connectivity index is 2.31. The molecule has 0 spiro atoms. The first kappa shape index (κ1) is 8.05. The van der Waals surface area contributed by atoms with Gasteiger partial charge in [0.25, 0.3) is 0 Å². The summed E-state index contributed by atoms with van der Waals surface area (Å²) >= 11 is 3.21. The van der Waals surface area contributed by atoms with Crippen molar-refractivity contribution in [2.75, 3.05) is 0 Å². The summed E-state index contributed by atoms with van der Waals surface area (Å²) in [6.07, 6.45) is 2.25. The third-order valence-electron chi connectivity index (χ3n) is 1.79. The number of rotatable bonds is 2. The molecule has 0 bridgehead atoms. The lowest BCUT2D eigenvalue weighted by Gasteiger charge is -2.11. The van der Waals surface area contributed by atoms with Crippen LogP contribution in [-0.4, -0.2) is 16.3 Å². The molecule has 3 heteroatoms. The molecule has 1 N–H and O–H groups in total. The Morgan fingerprint density at radius 1 is 1.70 bits per heavy atom. The Morgan fingerprint density at radius 2 is 2.20 bits per heavy atom. The van der Waals surface area contributed by atoms with Gasteiger partial charge in [-0.25, -0.2) is 0 Å². The van der Waals surface area contributed by atoms with Crippen molar-refractivity contribution in [3.63, 3.8) is 0 Å². The second-order valence-electron chi connectivity index (χ2n) is 3.17. The highest BCUT2D eigenvalue weighted by atomic mass is 79.9. The highest BCUT2D eigenvalue weighted by Crippen LogP contribution is 2.34. The molecule has 0 saturated heterocycles. The topological polar surface area (TPSA) is 29.1 Å². The van der Waals surface area contributed by atoms with Crippen LogP contribution in [0.25, 0.3) is 0 Å². The molecule has 1 fully saturated rings. The average Bonchev–Trinajstić information content (AvgIpc) is 2.47. The van der Waals surface area contributed by atoms with E-state index in [-0.39, 0.29) is 16.3 Å². The summed E-state index contributed by atoms with van der Waals surface area (Å²) in [5.41, 5.74) is 0.124. The van der Waals surface area contributed by atoms with Gasteiger partial charge in [-0.05, 0) is 26.7 Å². The Morgan fingerprint density at radius 3 is 2.50 bits per heavy atom. The second-order valence-corrected chi connectivity index (χ2v) is 4.54. The van der Waals surface area contributed by atoms with Crippen LogP contribution in [0.15, 0.2) is 0 Å². The zero-order valence-corrected chi connectivity index (χ0v) is 7.86. The van der Waals surface area contributed by atoms with E-state index in [1.54, 1.807) is 0 Å². The maximum atomic E-state index is 11.0. The van der Waals surface area contributed by atoms with E-state index in [1.807, 2.05) is 6.92 Å². The molecule has 1 aliphatic rings. The maximum Gasteiger partial charge on any atom is 0.233 e. The van der Waals surface area contributed by atoms with Gasteiger partial charge in [0.05, 0.1) is 4.83 Å². The van der Waals surface area contributed by atoms with E-state index in [0.717, 1.165) is 12.8 Å². The van der Waals surface area contributed by atoms with Gasteiger partial charge in [0.2, 0.25) is 5.91 Å². The van der Waals surface area contributed by atoms with Gasteiger partial charge in [-0.3, -0.25) is 4.79 Å². The van der Waals surface area contributed by atoms with E-state index in [0.29, 0.717) is 0 Å². The Hall–Kier alpha value is -0.0500. The summed E-state index contributed by atoms with van der Waals surface area (Å²) in [6, 6.07) is 0. The van der Waals surface area contributed by atoms with Crippen LogP contribution in [0.1, 0.15) is 26.7 Å². The van der Waals surface area contributed by atoms with E-state index in [9.17, 15) is 4.79 Å². The number of halogens is 1. The lowest BCUT2D eigenvalue weighted by atomic mass is 10.3. The molecule has 0 aromatic heterocycles. The molecule has 1 saturated carbocycles. The predicted octanol–water partition coefficient (Wildman–Crippen LogP) is 1.44. The smallest absolute Gasteiger partial charge is 0.233 e. The van der Waals surface area contributed by atoms with E-state index >= 15 is 0 Å². The van der Waals surface area contributed by atoms with Crippen LogP contribution in [0.3, 0.4) is 0 Å². The summed E-state index contributed by atoms with van der Waals surface area (Å²) < 4.78 is 0. The van der Waals surface area contributed by atoms with Gasteiger partial charge in [-0.15, -0.1) is 0 Å². The van der Waals surface area contributed by atoms with Crippen LogP contribution < -0.4 is 5.32 Å². The number of alkyl halides is 1. The van der Waals surface area contributed by atoms with Crippen LogP contribution in [0.2, 0.25) is 0 Å². The van der Waals surface area contributed by atoms with Gasteiger partial charge < -0.3 is 5.32 Å². The van der Waals surface area contributed by atoms with Crippen LogP contribution in [0.5, 0.6) is 0 Å². The van der Waals surface area contributed by atoms with E-state index in [2.05, 4.69) is 28.2 Å². The second kappa shape index (κ2) is 2.53. The first-order valence-electron chi connectivity index (χ1n) is 3.50. The van der Waals surface area contributed by atoms with Crippen molar-refractivity contribution in [2.45, 2.75) is 37.1 Å². The molecule has 2 nitrogen and oxygen atoms in total. The van der Waals surface area contributed by atoms with Crippen molar-refractivity contribution in [2.24, 2.45) is 0 Å². The Kier molecular flexibility index (Phi) is 2.04. The van der Waals surface area contributed by atoms with Crippen molar-refractivity contribution in [3.05, 3.63) is 0 Å². The Bertz CT molecular complexity index is 152. The minimum Gasteiger partial charge on any atom is -0.350 e. The highest BCUT2D eigenvalue weighted by Gasteiger charge is 2.39. The van der Waals surface area contributed by atoms with Crippen LogP contribution in [0, 0.1) is 0 Å². The molecule has 0 aliphatic heterocycles. The summed E-state index contributed by atoms with van der Waals surface area (Å²) in [6.45, 7) is 3.90. The monoisotopic (exact) mass is 205 g/mol. The Labute approximate surface area is 69.5 Å². The zero-order chi connectivity index (χ0) is 7.78. The lowest BCUT2D eigenvalue weighted by Crippen LogP contribution is -2.38. The van der Waals surface area contributed by atoms with Crippen LogP contribution in [-0.2, 0) is 4.79 Å². The molecule has 10 heavy (non-hydrogen) atoms. The lowest BCUT2D eigenvalue weighted by molar-refractivity contribution is -0.121. The van der Waals surface area contributed by atoms with Crippen molar-refractivity contribution in [1.82, 2.24) is 5.32 Å². The normalized spacial score (nSPS) is 23.5. The molecular weight excluding hydrogens is 194 g/mol. The number of nitrogens with one attached hydrogen (secondary N) is 1. The number of amides is 1. The largest absolute Gasteiger partial charge is 0.350 e. The fourth-order valence-electron chi connectivity index (χ4n) is 0.709. The predicted molar refractivity (Wildman–Crippen MR) is 44.2 cm³/mol. The van der Waals surface area contributed by atoms with Gasteiger partial charge in [-0.1, -0.05) is 15.9 Å². The summed E-state index contributed by atoms with van der Waals surface area (Å²) in [5.74, 6) is 0.0972. The molecule has 0 heterocycles. The number of hydrogen-bond donors (Lipinski definition) is 1. The third-order valence-corrected chi connectivity index (χ3v) is 2.20. The zero-order valence-electron chi connectivity index (χ0n) is 6.28. The van der Waals surface area contributed by atoms with Crippen LogP contribution in [0.4, 0.5) is 0 Å². The minimum absolute atomic E-state index is 0.0649. The molecule has 58 valence electrons. The first-order valence-corrected chi connectivity index (χ1v) is 4.41. The van der Waals surface area contributed by atoms with Gasteiger partial charge in [0, 0.05) is 5.54 Å². The van der Waals surface area contributed by atoms with Gasteiger partial charge in [0.15, 0.2) is 0 Å². The molecular formula is C7H12BrNO. The van der Waals surface area contributed by atoms with E-state index < -0.39 is 0 Å². The van der Waals surface area contributed by atoms with Crippen molar-refractivity contribution in [3.8, 4) is 0 Å². The summed E-state index contributed by atoms with van der Waals surface area (Å²) in [7, 11) is 0. The fraction of sp³-hybridized carbons (Fsp3) is 0.857. The number of carbonyl (C=O) groups is 1. The third kappa shape index (κ3) is 1.97. The first-order chi connectivity index (χ1) is 4.53. The molecule has 1 unspecified atom stereocenters.